The average Bonchev–Trinajstić information content (AvgIpc) is 2.63. The number of carbonyl (C=O) groups excluding carboxylic acids is 1. The normalized spacial score (nSPS) is 22.3. The average molecular weight is 331 g/mol. The van der Waals surface area contributed by atoms with Crippen LogP contribution in [-0.4, -0.2) is 49.8 Å². The highest BCUT2D eigenvalue weighted by Gasteiger charge is 2.26. The third-order valence-electron chi connectivity index (χ3n) is 5.32. The van der Waals surface area contributed by atoms with Crippen LogP contribution in [0.4, 0.5) is 10.5 Å². The molecule has 2 saturated heterocycles. The number of piperidine rings is 2. The number of hydrogen-bond donors (Lipinski definition) is 1. The number of benzene rings is 1. The molecule has 1 aromatic carbocycles. The van der Waals surface area contributed by atoms with Crippen LogP contribution in [0.3, 0.4) is 0 Å². The van der Waals surface area contributed by atoms with Crippen molar-refractivity contribution >= 4 is 11.7 Å². The second kappa shape index (κ2) is 7.77. The molecular weight excluding hydrogens is 302 g/mol. The van der Waals surface area contributed by atoms with Crippen LogP contribution in [0.1, 0.15) is 39.0 Å². The summed E-state index contributed by atoms with van der Waals surface area (Å²) in [6.07, 6.45) is 5.50. The fourth-order valence-electron chi connectivity index (χ4n) is 3.73. The number of anilines is 1. The van der Waals surface area contributed by atoms with Gasteiger partial charge in [0.05, 0.1) is 7.11 Å². The van der Waals surface area contributed by atoms with Gasteiger partial charge >= 0.3 is 6.03 Å². The Hall–Kier alpha value is -1.91. The van der Waals surface area contributed by atoms with Gasteiger partial charge in [-0.3, -0.25) is 0 Å². The van der Waals surface area contributed by atoms with E-state index < -0.39 is 0 Å². The van der Waals surface area contributed by atoms with Gasteiger partial charge in [0.25, 0.3) is 0 Å². The molecule has 5 heteroatoms. The lowest BCUT2D eigenvalue weighted by Gasteiger charge is -2.37. The number of urea groups is 1. The van der Waals surface area contributed by atoms with E-state index >= 15 is 0 Å². The van der Waals surface area contributed by atoms with Gasteiger partial charge in [0.15, 0.2) is 0 Å². The summed E-state index contributed by atoms with van der Waals surface area (Å²) in [6, 6.07) is 9.01. The van der Waals surface area contributed by atoms with Crippen LogP contribution >= 0.6 is 0 Å². The number of hydrogen-bond acceptors (Lipinski definition) is 3. The van der Waals surface area contributed by atoms with E-state index in [1.54, 1.807) is 7.11 Å². The Morgan fingerprint density at radius 2 is 1.79 bits per heavy atom. The standard InChI is InChI=1S/C19H29N3O2/c1-15-5-3-4-12-22(15)19(23)20-16-10-13-21(14-11-16)17-6-8-18(24-2)9-7-17/h6-9,15-16H,3-5,10-14H2,1-2H3,(H,20,23)/t15-/m0/s1. The van der Waals surface area contributed by atoms with E-state index in [0.29, 0.717) is 12.1 Å². The van der Waals surface area contributed by atoms with Gasteiger partial charge in [0.2, 0.25) is 0 Å². The smallest absolute Gasteiger partial charge is 0.317 e. The maximum Gasteiger partial charge on any atom is 0.317 e. The van der Waals surface area contributed by atoms with Crippen molar-refractivity contribution in [2.45, 2.75) is 51.1 Å². The molecule has 0 unspecified atom stereocenters. The third-order valence-corrected chi connectivity index (χ3v) is 5.32. The highest BCUT2D eigenvalue weighted by Crippen LogP contribution is 2.23. The second-order valence-electron chi connectivity index (χ2n) is 6.95. The first-order chi connectivity index (χ1) is 11.7. The molecule has 24 heavy (non-hydrogen) atoms. The van der Waals surface area contributed by atoms with Crippen LogP contribution in [-0.2, 0) is 0 Å². The van der Waals surface area contributed by atoms with Crippen molar-refractivity contribution in [2.75, 3.05) is 31.6 Å². The summed E-state index contributed by atoms with van der Waals surface area (Å²) in [5.74, 6) is 0.886. The van der Waals surface area contributed by atoms with Crippen molar-refractivity contribution < 1.29 is 9.53 Å². The molecule has 2 heterocycles. The molecule has 2 fully saturated rings. The topological polar surface area (TPSA) is 44.8 Å². The Morgan fingerprint density at radius 1 is 1.08 bits per heavy atom. The summed E-state index contributed by atoms with van der Waals surface area (Å²) in [6.45, 7) is 5.02. The van der Waals surface area contributed by atoms with Crippen molar-refractivity contribution in [1.82, 2.24) is 10.2 Å². The first-order valence-corrected chi connectivity index (χ1v) is 9.13. The molecule has 0 bridgehead atoms. The Labute approximate surface area is 145 Å². The number of likely N-dealkylation sites (tertiary alicyclic amines) is 1. The van der Waals surface area contributed by atoms with Gasteiger partial charge in [-0.2, -0.15) is 0 Å². The van der Waals surface area contributed by atoms with Crippen molar-refractivity contribution in [3.05, 3.63) is 24.3 Å². The summed E-state index contributed by atoms with van der Waals surface area (Å²) in [4.78, 5) is 16.9. The van der Waals surface area contributed by atoms with Crippen molar-refractivity contribution in [2.24, 2.45) is 0 Å². The van der Waals surface area contributed by atoms with E-state index in [1.165, 1.54) is 12.1 Å². The predicted octanol–water partition coefficient (Wildman–Crippen LogP) is 3.25. The van der Waals surface area contributed by atoms with Gasteiger partial charge in [-0.15, -0.1) is 0 Å². The fourth-order valence-corrected chi connectivity index (χ4v) is 3.73. The highest BCUT2D eigenvalue weighted by molar-refractivity contribution is 5.75. The van der Waals surface area contributed by atoms with E-state index in [9.17, 15) is 4.79 Å². The molecule has 2 aliphatic rings. The molecule has 2 amide bonds. The molecule has 0 spiro atoms. The number of carbonyl (C=O) groups is 1. The maximum atomic E-state index is 12.5. The number of ether oxygens (including phenoxy) is 1. The second-order valence-corrected chi connectivity index (χ2v) is 6.95. The summed E-state index contributed by atoms with van der Waals surface area (Å²) in [5.41, 5.74) is 1.23. The lowest BCUT2D eigenvalue weighted by Crippen LogP contribution is -2.52. The minimum absolute atomic E-state index is 0.130. The summed E-state index contributed by atoms with van der Waals surface area (Å²) < 4.78 is 5.21. The van der Waals surface area contributed by atoms with Gasteiger partial charge in [0, 0.05) is 37.4 Å². The van der Waals surface area contributed by atoms with E-state index in [1.807, 2.05) is 17.0 Å². The number of rotatable bonds is 3. The predicted molar refractivity (Wildman–Crippen MR) is 96.8 cm³/mol. The summed E-state index contributed by atoms with van der Waals surface area (Å²) >= 11 is 0. The monoisotopic (exact) mass is 331 g/mol. The Bertz CT molecular complexity index is 538. The number of nitrogens with one attached hydrogen (secondary N) is 1. The van der Waals surface area contributed by atoms with Crippen LogP contribution in [0.15, 0.2) is 24.3 Å². The molecule has 1 atom stereocenters. The molecule has 0 radical (unpaired) electrons. The molecule has 0 saturated carbocycles. The van der Waals surface area contributed by atoms with Crippen molar-refractivity contribution in [3.8, 4) is 5.75 Å². The minimum atomic E-state index is 0.130. The quantitative estimate of drug-likeness (QED) is 0.925. The fraction of sp³-hybridized carbons (Fsp3) is 0.632. The Balaban J connectivity index is 1.48. The van der Waals surface area contributed by atoms with Crippen molar-refractivity contribution in [1.29, 1.82) is 0 Å². The van der Waals surface area contributed by atoms with E-state index in [0.717, 1.165) is 51.1 Å². The van der Waals surface area contributed by atoms with Gasteiger partial charge in [-0.05, 0) is 63.3 Å². The van der Waals surface area contributed by atoms with Gasteiger partial charge in [-0.25, -0.2) is 4.79 Å². The lowest BCUT2D eigenvalue weighted by atomic mass is 10.0. The zero-order valence-electron chi connectivity index (χ0n) is 14.8. The minimum Gasteiger partial charge on any atom is -0.497 e. The largest absolute Gasteiger partial charge is 0.497 e. The summed E-state index contributed by atoms with van der Waals surface area (Å²) in [7, 11) is 1.69. The van der Waals surface area contributed by atoms with E-state index in [4.69, 9.17) is 4.74 Å². The van der Waals surface area contributed by atoms with E-state index in [2.05, 4.69) is 29.3 Å². The summed E-state index contributed by atoms with van der Waals surface area (Å²) in [5, 5.41) is 3.25. The zero-order chi connectivity index (χ0) is 16.9. The number of nitrogens with zero attached hydrogens (tertiary/aromatic N) is 2. The molecule has 0 aliphatic carbocycles. The molecular formula is C19H29N3O2. The number of methoxy groups -OCH3 is 1. The third kappa shape index (κ3) is 3.94. The molecule has 3 rings (SSSR count). The maximum absolute atomic E-state index is 12.5. The highest BCUT2D eigenvalue weighted by atomic mass is 16.5. The van der Waals surface area contributed by atoms with Gasteiger partial charge in [0.1, 0.15) is 5.75 Å². The van der Waals surface area contributed by atoms with Crippen LogP contribution in [0.25, 0.3) is 0 Å². The zero-order valence-corrected chi connectivity index (χ0v) is 14.8. The molecule has 132 valence electrons. The lowest BCUT2D eigenvalue weighted by molar-refractivity contribution is 0.153. The molecule has 0 aromatic heterocycles. The van der Waals surface area contributed by atoms with Gasteiger partial charge in [-0.1, -0.05) is 0 Å². The first kappa shape index (κ1) is 16.9. The van der Waals surface area contributed by atoms with Crippen LogP contribution in [0, 0.1) is 0 Å². The molecule has 1 aromatic rings. The molecule has 1 N–H and O–H groups in total. The van der Waals surface area contributed by atoms with Crippen LogP contribution < -0.4 is 15.0 Å². The number of amides is 2. The Morgan fingerprint density at radius 3 is 2.42 bits per heavy atom. The van der Waals surface area contributed by atoms with Gasteiger partial charge < -0.3 is 19.9 Å². The van der Waals surface area contributed by atoms with Crippen molar-refractivity contribution in [3.63, 3.8) is 0 Å². The SMILES string of the molecule is COc1ccc(N2CCC(NC(=O)N3CCCC[C@@H]3C)CC2)cc1. The van der Waals surface area contributed by atoms with E-state index in [-0.39, 0.29) is 6.03 Å². The molecule has 5 nitrogen and oxygen atoms in total. The Kier molecular flexibility index (Phi) is 5.48. The van der Waals surface area contributed by atoms with Crippen LogP contribution in [0.2, 0.25) is 0 Å². The first-order valence-electron chi connectivity index (χ1n) is 9.13. The van der Waals surface area contributed by atoms with Crippen LogP contribution in [0.5, 0.6) is 5.75 Å². The molecule has 2 aliphatic heterocycles.